The number of hydrogen-bond acceptors (Lipinski definition) is 7. The van der Waals surface area contributed by atoms with E-state index in [9.17, 15) is 24.3 Å². The van der Waals surface area contributed by atoms with Crippen molar-refractivity contribution in [2.24, 2.45) is 11.3 Å². The summed E-state index contributed by atoms with van der Waals surface area (Å²) in [6, 6.07) is 13.8. The number of aliphatic hydroxyl groups excluding tert-OH is 1. The Morgan fingerprint density at radius 1 is 1.02 bits per heavy atom. The van der Waals surface area contributed by atoms with Crippen LogP contribution >= 0.6 is 11.3 Å². The topological polar surface area (TPSA) is 141 Å². The standard InChI is InChI=1S/C35H45N5O5S/c1-21(2)16-28(42)38-29(24-10-8-7-9-11-24)33(44)39-31(35(4,5)6)34(45)40-19-26(41)17-27(40)32(43)36-18-23-12-14-25(15-13-23)30-22(3)37-20-46-30/h7-15,20-21,26-27,29,31,41H,16-19H2,1-6H3,(H,36,43)(H,38,42)(H,39,44). The van der Waals surface area contributed by atoms with Crippen LogP contribution in [0.2, 0.25) is 0 Å². The largest absolute Gasteiger partial charge is 0.391 e. The zero-order chi connectivity index (χ0) is 33.6. The van der Waals surface area contributed by atoms with Crippen LogP contribution in [0.3, 0.4) is 0 Å². The number of hydrogen-bond donors (Lipinski definition) is 4. The minimum atomic E-state index is -1.03. The van der Waals surface area contributed by atoms with Crippen molar-refractivity contribution >= 4 is 35.0 Å². The van der Waals surface area contributed by atoms with Gasteiger partial charge in [0.25, 0.3) is 0 Å². The fraction of sp³-hybridized carbons (Fsp3) is 0.457. The van der Waals surface area contributed by atoms with Crippen LogP contribution < -0.4 is 16.0 Å². The van der Waals surface area contributed by atoms with Gasteiger partial charge in [-0.2, -0.15) is 0 Å². The first-order chi connectivity index (χ1) is 21.7. The number of rotatable bonds is 11. The lowest BCUT2D eigenvalue weighted by atomic mass is 9.85. The fourth-order valence-corrected chi connectivity index (χ4v) is 6.35. The molecule has 1 fully saturated rings. The zero-order valence-electron chi connectivity index (χ0n) is 27.4. The highest BCUT2D eigenvalue weighted by atomic mass is 32.1. The third-order valence-electron chi connectivity index (χ3n) is 7.99. The Bertz CT molecular complexity index is 1520. The number of aliphatic hydroxyl groups is 1. The number of nitrogens with one attached hydrogen (secondary N) is 3. The molecular formula is C35H45N5O5S. The van der Waals surface area contributed by atoms with Gasteiger partial charge in [0.1, 0.15) is 18.1 Å². The number of carbonyl (C=O) groups is 4. The van der Waals surface area contributed by atoms with E-state index in [0.717, 1.165) is 21.7 Å². The Balaban J connectivity index is 1.47. The Kier molecular flexibility index (Phi) is 11.3. The molecule has 2 aromatic carbocycles. The maximum atomic E-state index is 14.1. The molecule has 0 aliphatic carbocycles. The second kappa shape index (κ2) is 15.0. The third-order valence-corrected chi connectivity index (χ3v) is 8.96. The maximum absolute atomic E-state index is 14.1. The van der Waals surface area contributed by atoms with E-state index in [2.05, 4.69) is 20.9 Å². The number of likely N-dealkylation sites (tertiary alicyclic amines) is 1. The Hall–Kier alpha value is -4.09. The van der Waals surface area contributed by atoms with Crippen LogP contribution in [0, 0.1) is 18.3 Å². The van der Waals surface area contributed by atoms with Crippen molar-refractivity contribution in [2.45, 2.75) is 85.2 Å². The van der Waals surface area contributed by atoms with Gasteiger partial charge in [-0.05, 0) is 34.9 Å². The monoisotopic (exact) mass is 647 g/mol. The average Bonchev–Trinajstić information content (AvgIpc) is 3.62. The first-order valence-electron chi connectivity index (χ1n) is 15.6. The number of benzene rings is 2. The van der Waals surface area contributed by atoms with Crippen molar-refractivity contribution in [3.8, 4) is 10.4 Å². The molecule has 1 aliphatic heterocycles. The molecule has 10 nitrogen and oxygen atoms in total. The number of aromatic nitrogens is 1. The molecule has 46 heavy (non-hydrogen) atoms. The summed E-state index contributed by atoms with van der Waals surface area (Å²) in [5.74, 6) is -1.56. The van der Waals surface area contributed by atoms with E-state index in [1.165, 1.54) is 4.90 Å². The van der Waals surface area contributed by atoms with Crippen molar-refractivity contribution < 1.29 is 24.3 Å². The first-order valence-corrected chi connectivity index (χ1v) is 16.5. The van der Waals surface area contributed by atoms with Gasteiger partial charge in [0, 0.05) is 25.9 Å². The summed E-state index contributed by atoms with van der Waals surface area (Å²) in [7, 11) is 0. The molecule has 11 heteroatoms. The van der Waals surface area contributed by atoms with Crippen molar-refractivity contribution in [1.29, 1.82) is 0 Å². The Labute approximate surface area is 275 Å². The van der Waals surface area contributed by atoms with Gasteiger partial charge < -0.3 is 26.0 Å². The van der Waals surface area contributed by atoms with Crippen molar-refractivity contribution in [3.63, 3.8) is 0 Å². The Morgan fingerprint density at radius 2 is 1.70 bits per heavy atom. The molecule has 4 rings (SSSR count). The molecule has 0 spiro atoms. The Morgan fingerprint density at radius 3 is 2.28 bits per heavy atom. The van der Waals surface area contributed by atoms with E-state index in [-0.39, 0.29) is 43.7 Å². The second-order valence-electron chi connectivity index (χ2n) is 13.4. The van der Waals surface area contributed by atoms with Gasteiger partial charge in [0.2, 0.25) is 23.6 Å². The molecule has 4 N–H and O–H groups in total. The minimum absolute atomic E-state index is 0.0322. The average molecular weight is 648 g/mol. The summed E-state index contributed by atoms with van der Waals surface area (Å²) in [6.45, 7) is 11.5. The summed E-state index contributed by atoms with van der Waals surface area (Å²) in [4.78, 5) is 60.8. The summed E-state index contributed by atoms with van der Waals surface area (Å²) in [6.07, 6.45) is -0.550. The first kappa shape index (κ1) is 34.8. The molecule has 4 amide bonds. The number of carbonyl (C=O) groups excluding carboxylic acids is 4. The summed E-state index contributed by atoms with van der Waals surface area (Å²) < 4.78 is 0. The SMILES string of the molecule is Cc1ncsc1-c1ccc(CNC(=O)C2CC(O)CN2C(=O)C(NC(=O)C(NC(=O)CC(C)C)c2ccccc2)C(C)(C)C)cc1. The lowest BCUT2D eigenvalue weighted by Gasteiger charge is -2.36. The van der Waals surface area contributed by atoms with Crippen LogP contribution in [0.1, 0.15) is 70.3 Å². The van der Waals surface area contributed by atoms with E-state index < -0.39 is 41.5 Å². The summed E-state index contributed by atoms with van der Waals surface area (Å²) in [5, 5.41) is 19.2. The van der Waals surface area contributed by atoms with Crippen LogP contribution in [0.25, 0.3) is 10.4 Å². The molecule has 4 atom stereocenters. The second-order valence-corrected chi connectivity index (χ2v) is 14.2. The van der Waals surface area contributed by atoms with Crippen molar-refractivity contribution in [3.05, 3.63) is 76.9 Å². The molecule has 1 saturated heterocycles. The highest BCUT2D eigenvalue weighted by molar-refractivity contribution is 7.13. The number of nitrogens with zero attached hydrogens (tertiary/aromatic N) is 2. The number of β-amino-alcohol motifs (C(OH)–C–C–N with tert-alkyl or cyclic N) is 1. The zero-order valence-corrected chi connectivity index (χ0v) is 28.2. The molecule has 2 heterocycles. The van der Waals surface area contributed by atoms with Gasteiger partial charge in [-0.3, -0.25) is 19.2 Å². The lowest BCUT2D eigenvalue weighted by molar-refractivity contribution is -0.144. The van der Waals surface area contributed by atoms with Crippen LogP contribution in [-0.4, -0.2) is 63.4 Å². The number of aryl methyl sites for hydroxylation is 1. The molecule has 0 saturated carbocycles. The molecule has 1 aromatic heterocycles. The van der Waals surface area contributed by atoms with Crippen LogP contribution in [0.15, 0.2) is 60.1 Å². The quantitative estimate of drug-likeness (QED) is 0.247. The molecule has 0 bridgehead atoms. The van der Waals surface area contributed by atoms with Gasteiger partial charge in [-0.25, -0.2) is 4.98 Å². The predicted molar refractivity (Wildman–Crippen MR) is 178 cm³/mol. The summed E-state index contributed by atoms with van der Waals surface area (Å²) in [5.41, 5.74) is 4.55. The van der Waals surface area contributed by atoms with Gasteiger partial charge >= 0.3 is 0 Å². The maximum Gasteiger partial charge on any atom is 0.247 e. The molecule has 0 radical (unpaired) electrons. The van der Waals surface area contributed by atoms with E-state index in [1.54, 1.807) is 35.6 Å². The number of amides is 4. The number of thiazole rings is 1. The fourth-order valence-electron chi connectivity index (χ4n) is 5.54. The predicted octanol–water partition coefficient (Wildman–Crippen LogP) is 4.13. The summed E-state index contributed by atoms with van der Waals surface area (Å²) >= 11 is 1.57. The molecule has 4 unspecified atom stereocenters. The molecule has 3 aromatic rings. The van der Waals surface area contributed by atoms with E-state index in [4.69, 9.17) is 0 Å². The lowest BCUT2D eigenvalue weighted by Crippen LogP contribution is -2.59. The van der Waals surface area contributed by atoms with Crippen LogP contribution in [-0.2, 0) is 25.7 Å². The van der Waals surface area contributed by atoms with Crippen LogP contribution in [0.4, 0.5) is 0 Å². The smallest absolute Gasteiger partial charge is 0.247 e. The van der Waals surface area contributed by atoms with E-state index >= 15 is 0 Å². The highest BCUT2D eigenvalue weighted by Crippen LogP contribution is 2.29. The molecule has 1 aliphatic rings. The van der Waals surface area contributed by atoms with Gasteiger partial charge in [-0.15, -0.1) is 11.3 Å². The van der Waals surface area contributed by atoms with Crippen LogP contribution in [0.5, 0.6) is 0 Å². The normalized spacial score (nSPS) is 17.8. The van der Waals surface area contributed by atoms with E-state index in [1.807, 2.05) is 77.4 Å². The van der Waals surface area contributed by atoms with Gasteiger partial charge in [0.15, 0.2) is 0 Å². The van der Waals surface area contributed by atoms with E-state index in [0.29, 0.717) is 5.56 Å². The van der Waals surface area contributed by atoms with Gasteiger partial charge in [0.05, 0.1) is 22.2 Å². The highest BCUT2D eigenvalue weighted by Gasteiger charge is 2.45. The van der Waals surface area contributed by atoms with Crippen molar-refractivity contribution in [1.82, 2.24) is 25.8 Å². The third kappa shape index (κ3) is 8.79. The van der Waals surface area contributed by atoms with Crippen molar-refractivity contribution in [2.75, 3.05) is 6.54 Å². The van der Waals surface area contributed by atoms with Gasteiger partial charge in [-0.1, -0.05) is 89.2 Å². The minimum Gasteiger partial charge on any atom is -0.391 e. The molecular weight excluding hydrogens is 602 g/mol. The molecule has 246 valence electrons.